The number of nitriles is 1. The van der Waals surface area contributed by atoms with Crippen LogP contribution in [0.3, 0.4) is 0 Å². The van der Waals surface area contributed by atoms with E-state index in [2.05, 4.69) is 10.3 Å². The molecule has 0 radical (unpaired) electrons. The summed E-state index contributed by atoms with van der Waals surface area (Å²) in [5.41, 5.74) is 0. The first-order chi connectivity index (χ1) is 7.29. The van der Waals surface area contributed by atoms with Crippen molar-refractivity contribution in [3.05, 3.63) is 10.0 Å². The van der Waals surface area contributed by atoms with Gasteiger partial charge in [-0.3, -0.25) is 0 Å². The molecule has 80 valence electrons. The second kappa shape index (κ2) is 4.79. The number of halogens is 1. The Kier molecular flexibility index (Phi) is 3.41. The van der Waals surface area contributed by atoms with Crippen molar-refractivity contribution in [1.82, 2.24) is 4.98 Å². The molecule has 1 atom stereocenters. The third kappa shape index (κ3) is 2.59. The van der Waals surface area contributed by atoms with E-state index in [9.17, 15) is 0 Å². The number of nitrogens with one attached hydrogen (secondary N) is 1. The molecule has 1 unspecified atom stereocenters. The maximum Gasteiger partial charge on any atom is 0.185 e. The summed E-state index contributed by atoms with van der Waals surface area (Å²) in [5.74, 6) is 0. The molecule has 4 nitrogen and oxygen atoms in total. The molecule has 1 fully saturated rings. The SMILES string of the molecule is N#Cc1sc(NC2CCCOC2)nc1Cl. The Morgan fingerprint density at radius 2 is 2.53 bits per heavy atom. The normalized spacial score (nSPS) is 20.9. The average molecular weight is 244 g/mol. The van der Waals surface area contributed by atoms with E-state index in [1.54, 1.807) is 0 Å². The van der Waals surface area contributed by atoms with E-state index in [0.29, 0.717) is 16.6 Å². The molecule has 1 aliphatic heterocycles. The zero-order chi connectivity index (χ0) is 10.7. The monoisotopic (exact) mass is 243 g/mol. The number of ether oxygens (including phenoxy) is 1. The molecule has 1 N–H and O–H groups in total. The standard InChI is InChI=1S/C9H10ClN3OS/c10-8-7(4-11)15-9(13-8)12-6-2-1-3-14-5-6/h6H,1-3,5H2,(H,12,13). The smallest absolute Gasteiger partial charge is 0.185 e. The molecule has 1 aromatic rings. The molecule has 1 aromatic heterocycles. The van der Waals surface area contributed by atoms with E-state index in [-0.39, 0.29) is 11.2 Å². The highest BCUT2D eigenvalue weighted by Gasteiger charge is 2.16. The lowest BCUT2D eigenvalue weighted by molar-refractivity contribution is 0.0876. The predicted molar refractivity (Wildman–Crippen MR) is 59.3 cm³/mol. The van der Waals surface area contributed by atoms with Gasteiger partial charge in [0.2, 0.25) is 0 Å². The molecule has 0 amide bonds. The van der Waals surface area contributed by atoms with E-state index in [0.717, 1.165) is 19.4 Å². The second-order valence-electron chi connectivity index (χ2n) is 3.31. The van der Waals surface area contributed by atoms with Crippen molar-refractivity contribution in [2.45, 2.75) is 18.9 Å². The largest absolute Gasteiger partial charge is 0.379 e. The van der Waals surface area contributed by atoms with Gasteiger partial charge < -0.3 is 10.1 Å². The number of thiazole rings is 1. The average Bonchev–Trinajstić information content (AvgIpc) is 2.60. The highest BCUT2D eigenvalue weighted by atomic mass is 35.5. The molecule has 0 spiro atoms. The van der Waals surface area contributed by atoms with Gasteiger partial charge in [0, 0.05) is 6.61 Å². The summed E-state index contributed by atoms with van der Waals surface area (Å²) in [7, 11) is 0. The maximum absolute atomic E-state index is 8.72. The highest BCUT2D eigenvalue weighted by molar-refractivity contribution is 7.16. The van der Waals surface area contributed by atoms with Gasteiger partial charge >= 0.3 is 0 Å². The van der Waals surface area contributed by atoms with Crippen molar-refractivity contribution in [3.8, 4) is 6.07 Å². The van der Waals surface area contributed by atoms with Crippen LogP contribution in [0, 0.1) is 11.3 Å². The Morgan fingerprint density at radius 1 is 1.67 bits per heavy atom. The van der Waals surface area contributed by atoms with Crippen LogP contribution in [0.5, 0.6) is 0 Å². The first-order valence-electron chi connectivity index (χ1n) is 4.70. The van der Waals surface area contributed by atoms with Crippen LogP contribution in [-0.4, -0.2) is 24.2 Å². The van der Waals surface area contributed by atoms with Crippen molar-refractivity contribution in [2.75, 3.05) is 18.5 Å². The van der Waals surface area contributed by atoms with Crippen molar-refractivity contribution in [3.63, 3.8) is 0 Å². The summed E-state index contributed by atoms with van der Waals surface area (Å²) in [4.78, 5) is 4.52. The summed E-state index contributed by atoms with van der Waals surface area (Å²) in [6.45, 7) is 1.53. The molecule has 0 aromatic carbocycles. The summed E-state index contributed by atoms with van der Waals surface area (Å²) in [6.07, 6.45) is 2.13. The zero-order valence-electron chi connectivity index (χ0n) is 7.99. The lowest BCUT2D eigenvalue weighted by atomic mass is 10.1. The lowest BCUT2D eigenvalue weighted by Crippen LogP contribution is -2.29. The Hall–Kier alpha value is -0.830. The molecule has 15 heavy (non-hydrogen) atoms. The van der Waals surface area contributed by atoms with E-state index in [4.69, 9.17) is 21.6 Å². The van der Waals surface area contributed by atoms with Gasteiger partial charge in [0.05, 0.1) is 12.6 Å². The highest BCUT2D eigenvalue weighted by Crippen LogP contribution is 2.27. The Bertz CT molecular complexity index is 381. The predicted octanol–water partition coefficient (Wildman–Crippen LogP) is 2.26. The third-order valence-electron chi connectivity index (χ3n) is 2.18. The summed E-state index contributed by atoms with van der Waals surface area (Å²) in [6, 6.07) is 2.29. The van der Waals surface area contributed by atoms with Gasteiger partial charge in [-0.05, 0) is 12.8 Å². The van der Waals surface area contributed by atoms with Gasteiger partial charge in [-0.25, -0.2) is 4.98 Å². The van der Waals surface area contributed by atoms with Crippen molar-refractivity contribution in [2.24, 2.45) is 0 Å². The number of hydrogen-bond acceptors (Lipinski definition) is 5. The van der Waals surface area contributed by atoms with Crippen LogP contribution in [0.1, 0.15) is 17.7 Å². The van der Waals surface area contributed by atoms with Gasteiger partial charge in [0.1, 0.15) is 10.9 Å². The quantitative estimate of drug-likeness (QED) is 0.866. The molecular weight excluding hydrogens is 234 g/mol. The molecule has 2 heterocycles. The van der Waals surface area contributed by atoms with Gasteiger partial charge in [-0.1, -0.05) is 22.9 Å². The summed E-state index contributed by atoms with van der Waals surface area (Å²) < 4.78 is 5.33. The minimum Gasteiger partial charge on any atom is -0.379 e. The first kappa shape index (κ1) is 10.7. The van der Waals surface area contributed by atoms with E-state index >= 15 is 0 Å². The first-order valence-corrected chi connectivity index (χ1v) is 5.90. The topological polar surface area (TPSA) is 57.9 Å². The fourth-order valence-electron chi connectivity index (χ4n) is 1.46. The van der Waals surface area contributed by atoms with Gasteiger partial charge in [0.15, 0.2) is 10.3 Å². The molecular formula is C9H10ClN3OS. The molecule has 1 aliphatic rings. The molecule has 6 heteroatoms. The Balaban J connectivity index is 2.01. The van der Waals surface area contributed by atoms with Crippen LogP contribution in [0.4, 0.5) is 5.13 Å². The van der Waals surface area contributed by atoms with Crippen LogP contribution < -0.4 is 5.32 Å². The summed E-state index contributed by atoms with van der Waals surface area (Å²) in [5, 5.41) is 12.9. The molecule has 0 bridgehead atoms. The minimum absolute atomic E-state index is 0.279. The number of anilines is 1. The molecule has 0 saturated carbocycles. The van der Waals surface area contributed by atoms with Crippen molar-refractivity contribution < 1.29 is 4.74 Å². The van der Waals surface area contributed by atoms with Gasteiger partial charge in [-0.15, -0.1) is 0 Å². The van der Waals surface area contributed by atoms with Crippen molar-refractivity contribution >= 4 is 28.1 Å². The molecule has 1 saturated heterocycles. The van der Waals surface area contributed by atoms with Crippen LogP contribution >= 0.6 is 22.9 Å². The summed E-state index contributed by atoms with van der Waals surface area (Å²) >= 11 is 7.05. The van der Waals surface area contributed by atoms with E-state index in [1.165, 1.54) is 11.3 Å². The van der Waals surface area contributed by atoms with Crippen LogP contribution in [0.25, 0.3) is 0 Å². The van der Waals surface area contributed by atoms with Gasteiger partial charge in [0.25, 0.3) is 0 Å². The fourth-order valence-corrected chi connectivity index (χ4v) is 2.49. The number of aromatic nitrogens is 1. The number of nitrogens with zero attached hydrogens (tertiary/aromatic N) is 2. The number of rotatable bonds is 2. The molecule has 2 rings (SSSR count). The maximum atomic E-state index is 8.72. The Morgan fingerprint density at radius 3 is 3.13 bits per heavy atom. The van der Waals surface area contributed by atoms with Crippen molar-refractivity contribution in [1.29, 1.82) is 5.26 Å². The van der Waals surface area contributed by atoms with E-state index in [1.807, 2.05) is 6.07 Å². The number of hydrogen-bond donors (Lipinski definition) is 1. The van der Waals surface area contributed by atoms with Crippen LogP contribution in [-0.2, 0) is 4.74 Å². The Labute approximate surface area is 96.8 Å². The van der Waals surface area contributed by atoms with Crippen LogP contribution in [0.2, 0.25) is 5.15 Å². The van der Waals surface area contributed by atoms with Crippen LogP contribution in [0.15, 0.2) is 0 Å². The second-order valence-corrected chi connectivity index (χ2v) is 4.67. The fraction of sp³-hybridized carbons (Fsp3) is 0.556. The lowest BCUT2D eigenvalue weighted by Gasteiger charge is -2.22. The molecule has 0 aliphatic carbocycles. The zero-order valence-corrected chi connectivity index (χ0v) is 9.57. The minimum atomic E-state index is 0.279. The van der Waals surface area contributed by atoms with Gasteiger partial charge in [-0.2, -0.15) is 5.26 Å². The third-order valence-corrected chi connectivity index (χ3v) is 3.45. The van der Waals surface area contributed by atoms with E-state index < -0.39 is 0 Å².